The van der Waals surface area contributed by atoms with Crippen molar-refractivity contribution in [3.05, 3.63) is 53.1 Å². The Kier molecular flexibility index (Phi) is 6.92. The summed E-state index contributed by atoms with van der Waals surface area (Å²) in [5.41, 5.74) is 0.664. The molecule has 31 heavy (non-hydrogen) atoms. The second kappa shape index (κ2) is 9.65. The van der Waals surface area contributed by atoms with E-state index in [2.05, 4.69) is 11.8 Å². The highest BCUT2D eigenvalue weighted by Gasteiger charge is 2.44. The fourth-order valence-corrected chi connectivity index (χ4v) is 4.49. The van der Waals surface area contributed by atoms with Gasteiger partial charge in [-0.1, -0.05) is 11.6 Å². The highest BCUT2D eigenvalue weighted by atomic mass is 35.5. The summed E-state index contributed by atoms with van der Waals surface area (Å²) < 4.78 is 23.5. The molecule has 2 aromatic carbocycles. The number of β-amino-alcohol motifs (C(OH)–C–C–N with tert-alkyl or cyclic N) is 1. The highest BCUT2D eigenvalue weighted by Crippen LogP contribution is 2.38. The number of ether oxygens (including phenoxy) is 4. The summed E-state index contributed by atoms with van der Waals surface area (Å²) >= 11 is 6.13. The van der Waals surface area contributed by atoms with Crippen LogP contribution in [0, 0.1) is 0 Å². The van der Waals surface area contributed by atoms with E-state index in [1.54, 1.807) is 7.11 Å². The first-order valence-corrected chi connectivity index (χ1v) is 11.1. The van der Waals surface area contributed by atoms with Crippen LogP contribution in [0.3, 0.4) is 0 Å². The van der Waals surface area contributed by atoms with Crippen molar-refractivity contribution in [2.45, 2.75) is 44.2 Å². The summed E-state index contributed by atoms with van der Waals surface area (Å²) in [6.07, 6.45) is 1.08. The van der Waals surface area contributed by atoms with Gasteiger partial charge in [-0.2, -0.15) is 0 Å². The van der Waals surface area contributed by atoms with E-state index in [1.807, 2.05) is 42.5 Å². The molecule has 1 saturated heterocycles. The first kappa shape index (κ1) is 22.2. The van der Waals surface area contributed by atoms with Crippen molar-refractivity contribution in [2.24, 2.45) is 0 Å². The first-order valence-electron chi connectivity index (χ1n) is 10.7. The fraction of sp³-hybridized carbons (Fsp3) is 0.500. The third-order valence-electron chi connectivity index (χ3n) is 6.26. The predicted octanol–water partition coefficient (Wildman–Crippen LogP) is 3.92. The maximum Gasteiger partial charge on any atom is 0.125 e. The number of benzene rings is 2. The Labute approximate surface area is 188 Å². The van der Waals surface area contributed by atoms with Crippen LogP contribution in [0.2, 0.25) is 5.02 Å². The van der Waals surface area contributed by atoms with Crippen molar-refractivity contribution in [1.29, 1.82) is 0 Å². The zero-order chi connectivity index (χ0) is 21.8. The van der Waals surface area contributed by atoms with Gasteiger partial charge in [-0.25, -0.2) is 0 Å². The van der Waals surface area contributed by atoms with Crippen LogP contribution >= 0.6 is 11.6 Å². The third kappa shape index (κ3) is 5.26. The number of halogens is 1. The lowest BCUT2D eigenvalue weighted by Gasteiger charge is -2.44. The van der Waals surface area contributed by atoms with Gasteiger partial charge in [-0.15, -0.1) is 0 Å². The van der Waals surface area contributed by atoms with E-state index in [4.69, 9.17) is 30.5 Å². The largest absolute Gasteiger partial charge is 0.497 e. The van der Waals surface area contributed by atoms with Gasteiger partial charge in [0.25, 0.3) is 0 Å². The van der Waals surface area contributed by atoms with E-state index in [9.17, 15) is 5.11 Å². The quantitative estimate of drug-likeness (QED) is 0.724. The smallest absolute Gasteiger partial charge is 0.125 e. The molecule has 2 atom stereocenters. The normalized spacial score (nSPS) is 21.6. The lowest BCUT2D eigenvalue weighted by Crippen LogP contribution is -2.54. The van der Waals surface area contributed by atoms with Crippen LogP contribution in [0.4, 0.5) is 0 Å². The van der Waals surface area contributed by atoms with Gasteiger partial charge >= 0.3 is 0 Å². The van der Waals surface area contributed by atoms with Gasteiger partial charge in [0.05, 0.1) is 13.7 Å². The van der Waals surface area contributed by atoms with Crippen LogP contribution < -0.4 is 14.2 Å². The number of piperidine rings is 1. The van der Waals surface area contributed by atoms with Crippen LogP contribution in [0.5, 0.6) is 17.2 Å². The molecule has 2 aromatic rings. The van der Waals surface area contributed by atoms with Crippen molar-refractivity contribution in [2.75, 3.05) is 33.4 Å². The molecule has 0 aromatic heterocycles. The first-order chi connectivity index (χ1) is 15.0. The number of aliphatic hydroxyl groups excluding tert-OH is 1. The topological polar surface area (TPSA) is 60.4 Å². The molecule has 168 valence electrons. The van der Waals surface area contributed by atoms with E-state index in [-0.39, 0.29) is 18.3 Å². The average molecular weight is 448 g/mol. The van der Waals surface area contributed by atoms with Gasteiger partial charge in [-0.3, -0.25) is 0 Å². The Morgan fingerprint density at radius 2 is 1.87 bits per heavy atom. The molecule has 0 saturated carbocycles. The molecule has 2 unspecified atom stereocenters. The SMILES string of the molecule is COc1ccc(OCC(O)CN2CCC3(CC2)OCc2cc(Cl)ccc2OC3C)cc1. The summed E-state index contributed by atoms with van der Waals surface area (Å²) in [4.78, 5) is 2.26. The number of fused-ring (bicyclic) bond motifs is 1. The minimum atomic E-state index is -0.564. The van der Waals surface area contributed by atoms with E-state index in [0.717, 1.165) is 48.7 Å². The van der Waals surface area contributed by atoms with Crippen molar-refractivity contribution < 1.29 is 24.1 Å². The standard InChI is InChI=1S/C24H30ClNO5/c1-17-24(30-15-18-13-19(25)3-8-23(18)31-17)9-11-26(12-10-24)14-20(27)16-29-22-6-4-21(28-2)5-7-22/h3-8,13,17,20,27H,9-12,14-16H2,1-2H3. The summed E-state index contributed by atoms with van der Waals surface area (Å²) in [7, 11) is 1.63. The molecule has 2 aliphatic heterocycles. The summed E-state index contributed by atoms with van der Waals surface area (Å²) in [6.45, 7) is 5.07. The zero-order valence-corrected chi connectivity index (χ0v) is 18.8. The van der Waals surface area contributed by atoms with Gasteiger partial charge in [0.1, 0.15) is 41.7 Å². The molecule has 6 nitrogen and oxygen atoms in total. The number of likely N-dealkylation sites (tertiary alicyclic amines) is 1. The number of hydrogen-bond donors (Lipinski definition) is 1. The highest BCUT2D eigenvalue weighted by molar-refractivity contribution is 6.30. The molecule has 0 aliphatic carbocycles. The summed E-state index contributed by atoms with van der Waals surface area (Å²) in [5, 5.41) is 11.1. The average Bonchev–Trinajstić information content (AvgIpc) is 2.91. The van der Waals surface area contributed by atoms with Gasteiger partial charge < -0.3 is 29.0 Å². The van der Waals surface area contributed by atoms with E-state index in [1.165, 1.54) is 0 Å². The predicted molar refractivity (Wildman–Crippen MR) is 119 cm³/mol. The Bertz CT molecular complexity index is 867. The molecule has 0 amide bonds. The Balaban J connectivity index is 1.27. The summed E-state index contributed by atoms with van der Waals surface area (Å²) in [6, 6.07) is 13.0. The third-order valence-corrected chi connectivity index (χ3v) is 6.49. The van der Waals surface area contributed by atoms with Crippen molar-refractivity contribution in [3.8, 4) is 17.2 Å². The van der Waals surface area contributed by atoms with Crippen LogP contribution in [0.15, 0.2) is 42.5 Å². The van der Waals surface area contributed by atoms with Crippen molar-refractivity contribution >= 4 is 11.6 Å². The van der Waals surface area contributed by atoms with E-state index in [0.29, 0.717) is 18.2 Å². The molecular formula is C24H30ClNO5. The van der Waals surface area contributed by atoms with E-state index < -0.39 is 6.10 Å². The molecule has 7 heteroatoms. The molecule has 2 aliphatic rings. The maximum absolute atomic E-state index is 10.4. The Morgan fingerprint density at radius 3 is 2.58 bits per heavy atom. The molecule has 1 fully saturated rings. The number of nitrogens with zero attached hydrogens (tertiary/aromatic N) is 1. The van der Waals surface area contributed by atoms with Gasteiger partial charge in [0, 0.05) is 30.2 Å². The van der Waals surface area contributed by atoms with Crippen molar-refractivity contribution in [1.82, 2.24) is 4.90 Å². The maximum atomic E-state index is 10.4. The van der Waals surface area contributed by atoms with Crippen LogP contribution in [-0.4, -0.2) is 61.2 Å². The molecule has 1 N–H and O–H groups in total. The van der Waals surface area contributed by atoms with Gasteiger partial charge in [0.2, 0.25) is 0 Å². The van der Waals surface area contributed by atoms with Crippen LogP contribution in [0.1, 0.15) is 25.3 Å². The lowest BCUT2D eigenvalue weighted by atomic mass is 9.86. The number of rotatable bonds is 6. The van der Waals surface area contributed by atoms with Gasteiger partial charge in [-0.05, 0) is 62.2 Å². The van der Waals surface area contributed by atoms with Crippen LogP contribution in [0.25, 0.3) is 0 Å². The second-order valence-electron chi connectivity index (χ2n) is 8.31. The minimum Gasteiger partial charge on any atom is -0.497 e. The molecule has 0 bridgehead atoms. The molecule has 2 heterocycles. The Hall–Kier alpha value is -1.99. The molecule has 1 spiro atoms. The number of hydrogen-bond acceptors (Lipinski definition) is 6. The van der Waals surface area contributed by atoms with Crippen molar-refractivity contribution in [3.63, 3.8) is 0 Å². The molecule has 0 radical (unpaired) electrons. The molecule has 4 rings (SSSR count). The van der Waals surface area contributed by atoms with Crippen LogP contribution in [-0.2, 0) is 11.3 Å². The minimum absolute atomic E-state index is 0.0552. The number of methoxy groups -OCH3 is 1. The Morgan fingerprint density at radius 1 is 1.16 bits per heavy atom. The van der Waals surface area contributed by atoms with Gasteiger partial charge in [0.15, 0.2) is 0 Å². The summed E-state index contributed by atoms with van der Waals surface area (Å²) in [5.74, 6) is 2.34. The molecular weight excluding hydrogens is 418 g/mol. The second-order valence-corrected chi connectivity index (χ2v) is 8.74. The lowest BCUT2D eigenvalue weighted by molar-refractivity contribution is -0.138. The zero-order valence-electron chi connectivity index (χ0n) is 18.1. The fourth-order valence-electron chi connectivity index (χ4n) is 4.29. The number of aliphatic hydroxyl groups is 1. The van der Waals surface area contributed by atoms with E-state index >= 15 is 0 Å². The monoisotopic (exact) mass is 447 g/mol.